The lowest BCUT2D eigenvalue weighted by Gasteiger charge is -2.44. The second kappa shape index (κ2) is 5.15. The topological polar surface area (TPSA) is 12.0 Å². The highest BCUT2D eigenvalue weighted by Crippen LogP contribution is 2.55. The van der Waals surface area contributed by atoms with Gasteiger partial charge in [0.05, 0.1) is 0 Å². The number of nitrogens with one attached hydrogen (secondary N) is 1. The Morgan fingerprint density at radius 2 is 1.89 bits per heavy atom. The molecule has 0 amide bonds. The first-order chi connectivity index (χ1) is 8.79. The standard InChI is InChI=1S/C17H31N/c1-3-17(9-5-6-10-17)16(18-4-2)15-12-13-7-8-14(15)11-13/h13-16,18H,3-12H2,1-2H3. The third-order valence-corrected chi connectivity index (χ3v) is 6.61. The minimum atomic E-state index is 0.658. The monoisotopic (exact) mass is 249 g/mol. The lowest BCUT2D eigenvalue weighted by atomic mass is 9.67. The summed E-state index contributed by atoms with van der Waals surface area (Å²) >= 11 is 0. The lowest BCUT2D eigenvalue weighted by Crippen LogP contribution is -2.50. The first-order valence-electron chi connectivity index (χ1n) is 8.52. The van der Waals surface area contributed by atoms with E-state index in [1.807, 2.05) is 0 Å². The molecule has 2 bridgehead atoms. The van der Waals surface area contributed by atoms with E-state index in [0.29, 0.717) is 5.41 Å². The average molecular weight is 249 g/mol. The van der Waals surface area contributed by atoms with Gasteiger partial charge < -0.3 is 5.32 Å². The summed E-state index contributed by atoms with van der Waals surface area (Å²) in [5, 5.41) is 3.94. The molecule has 3 aliphatic rings. The SMILES string of the molecule is CCNC(C1CC2CCC1C2)C1(CC)CCCC1. The van der Waals surface area contributed by atoms with Crippen molar-refractivity contribution in [3.05, 3.63) is 0 Å². The van der Waals surface area contributed by atoms with Crippen LogP contribution in [0.4, 0.5) is 0 Å². The molecule has 104 valence electrons. The van der Waals surface area contributed by atoms with Crippen molar-refractivity contribution in [3.63, 3.8) is 0 Å². The van der Waals surface area contributed by atoms with Gasteiger partial charge in [-0.2, -0.15) is 0 Å². The van der Waals surface area contributed by atoms with Gasteiger partial charge in [-0.25, -0.2) is 0 Å². The van der Waals surface area contributed by atoms with Crippen LogP contribution in [0.15, 0.2) is 0 Å². The van der Waals surface area contributed by atoms with Gasteiger partial charge in [0, 0.05) is 6.04 Å². The summed E-state index contributed by atoms with van der Waals surface area (Å²) < 4.78 is 0. The van der Waals surface area contributed by atoms with Crippen molar-refractivity contribution < 1.29 is 0 Å². The molecule has 1 N–H and O–H groups in total. The molecular weight excluding hydrogens is 218 g/mol. The van der Waals surface area contributed by atoms with E-state index >= 15 is 0 Å². The van der Waals surface area contributed by atoms with E-state index in [1.165, 1.54) is 45.1 Å². The van der Waals surface area contributed by atoms with Crippen LogP contribution in [0.25, 0.3) is 0 Å². The Balaban J connectivity index is 1.78. The summed E-state index contributed by atoms with van der Waals surface area (Å²) in [4.78, 5) is 0. The number of fused-ring (bicyclic) bond motifs is 2. The Morgan fingerprint density at radius 1 is 1.11 bits per heavy atom. The molecule has 3 aliphatic carbocycles. The van der Waals surface area contributed by atoms with Crippen LogP contribution in [-0.4, -0.2) is 12.6 Å². The number of hydrogen-bond donors (Lipinski definition) is 1. The van der Waals surface area contributed by atoms with Crippen LogP contribution in [0.1, 0.15) is 71.6 Å². The Bertz CT molecular complexity index is 279. The van der Waals surface area contributed by atoms with E-state index in [4.69, 9.17) is 0 Å². The van der Waals surface area contributed by atoms with Crippen molar-refractivity contribution in [1.29, 1.82) is 0 Å². The maximum atomic E-state index is 3.94. The molecule has 0 aromatic rings. The third kappa shape index (κ3) is 2.03. The van der Waals surface area contributed by atoms with Crippen LogP contribution < -0.4 is 5.32 Å². The van der Waals surface area contributed by atoms with Crippen LogP contribution >= 0.6 is 0 Å². The molecule has 0 radical (unpaired) electrons. The van der Waals surface area contributed by atoms with Crippen LogP contribution in [-0.2, 0) is 0 Å². The maximum absolute atomic E-state index is 3.94. The summed E-state index contributed by atoms with van der Waals surface area (Å²) in [5.74, 6) is 3.18. The van der Waals surface area contributed by atoms with Crippen molar-refractivity contribution in [2.75, 3.05) is 6.54 Å². The third-order valence-electron chi connectivity index (χ3n) is 6.61. The molecule has 0 aromatic carbocycles. The van der Waals surface area contributed by atoms with E-state index in [2.05, 4.69) is 19.2 Å². The van der Waals surface area contributed by atoms with Crippen molar-refractivity contribution in [2.24, 2.45) is 23.2 Å². The predicted octanol–water partition coefficient (Wildman–Crippen LogP) is 4.37. The fourth-order valence-corrected chi connectivity index (χ4v) is 5.71. The summed E-state index contributed by atoms with van der Waals surface area (Å²) in [6.45, 7) is 5.92. The maximum Gasteiger partial charge on any atom is 0.0154 e. The number of rotatable bonds is 5. The Morgan fingerprint density at radius 3 is 2.39 bits per heavy atom. The van der Waals surface area contributed by atoms with E-state index in [9.17, 15) is 0 Å². The summed E-state index contributed by atoms with van der Waals surface area (Å²) in [7, 11) is 0. The van der Waals surface area contributed by atoms with Crippen LogP contribution in [0, 0.1) is 23.2 Å². The van der Waals surface area contributed by atoms with E-state index in [1.54, 1.807) is 19.3 Å². The van der Waals surface area contributed by atoms with Crippen LogP contribution in [0.2, 0.25) is 0 Å². The van der Waals surface area contributed by atoms with Gasteiger partial charge in [0.15, 0.2) is 0 Å². The molecule has 3 fully saturated rings. The summed E-state index contributed by atoms with van der Waals surface area (Å²) in [6.07, 6.45) is 13.5. The fourth-order valence-electron chi connectivity index (χ4n) is 5.71. The van der Waals surface area contributed by atoms with Gasteiger partial charge in [0.2, 0.25) is 0 Å². The van der Waals surface area contributed by atoms with Crippen molar-refractivity contribution >= 4 is 0 Å². The smallest absolute Gasteiger partial charge is 0.0154 e. The van der Waals surface area contributed by atoms with Gasteiger partial charge in [0.25, 0.3) is 0 Å². The molecule has 0 heterocycles. The Labute approximate surface area is 113 Å². The zero-order valence-electron chi connectivity index (χ0n) is 12.4. The fraction of sp³-hybridized carbons (Fsp3) is 1.00. The van der Waals surface area contributed by atoms with E-state index in [-0.39, 0.29) is 0 Å². The highest BCUT2D eigenvalue weighted by atomic mass is 14.9. The Hall–Kier alpha value is -0.0400. The minimum Gasteiger partial charge on any atom is -0.313 e. The first kappa shape index (κ1) is 13.0. The zero-order chi connectivity index (χ0) is 12.6. The molecule has 0 aromatic heterocycles. The zero-order valence-corrected chi connectivity index (χ0v) is 12.4. The molecule has 3 saturated carbocycles. The van der Waals surface area contributed by atoms with Crippen molar-refractivity contribution in [1.82, 2.24) is 5.32 Å². The molecule has 18 heavy (non-hydrogen) atoms. The van der Waals surface area contributed by atoms with Gasteiger partial charge in [-0.3, -0.25) is 0 Å². The summed E-state index contributed by atoms with van der Waals surface area (Å²) in [6, 6.07) is 0.838. The molecule has 1 heteroatoms. The molecule has 0 aliphatic heterocycles. The van der Waals surface area contributed by atoms with E-state index in [0.717, 1.165) is 23.8 Å². The highest BCUT2D eigenvalue weighted by molar-refractivity contribution is 5.03. The molecular formula is C17H31N. The van der Waals surface area contributed by atoms with E-state index < -0.39 is 0 Å². The normalized spacial score (nSPS) is 39.3. The first-order valence-corrected chi connectivity index (χ1v) is 8.52. The second-order valence-corrected chi connectivity index (χ2v) is 7.30. The van der Waals surface area contributed by atoms with Gasteiger partial charge in [0.1, 0.15) is 0 Å². The minimum absolute atomic E-state index is 0.658. The average Bonchev–Trinajstić information content (AvgIpc) is 3.11. The molecule has 1 nitrogen and oxygen atoms in total. The molecule has 0 saturated heterocycles. The van der Waals surface area contributed by atoms with Gasteiger partial charge >= 0.3 is 0 Å². The summed E-state index contributed by atoms with van der Waals surface area (Å²) in [5.41, 5.74) is 0.658. The van der Waals surface area contributed by atoms with Gasteiger partial charge in [-0.05, 0) is 68.2 Å². The van der Waals surface area contributed by atoms with Crippen molar-refractivity contribution in [3.8, 4) is 0 Å². The van der Waals surface area contributed by atoms with Gasteiger partial charge in [-0.1, -0.05) is 33.1 Å². The largest absolute Gasteiger partial charge is 0.313 e. The van der Waals surface area contributed by atoms with Crippen LogP contribution in [0.5, 0.6) is 0 Å². The highest BCUT2D eigenvalue weighted by Gasteiger charge is 2.50. The molecule has 3 rings (SSSR count). The van der Waals surface area contributed by atoms with Crippen molar-refractivity contribution in [2.45, 2.75) is 77.7 Å². The quantitative estimate of drug-likeness (QED) is 0.763. The van der Waals surface area contributed by atoms with Crippen LogP contribution in [0.3, 0.4) is 0 Å². The van der Waals surface area contributed by atoms with Gasteiger partial charge in [-0.15, -0.1) is 0 Å². The second-order valence-electron chi connectivity index (χ2n) is 7.30. The molecule has 4 unspecified atom stereocenters. The Kier molecular flexibility index (Phi) is 3.71. The lowest BCUT2D eigenvalue weighted by molar-refractivity contribution is 0.101. The number of hydrogen-bond acceptors (Lipinski definition) is 1. The predicted molar refractivity (Wildman–Crippen MR) is 77.6 cm³/mol. The molecule has 0 spiro atoms. The molecule has 4 atom stereocenters.